The van der Waals surface area contributed by atoms with Gasteiger partial charge in [0.15, 0.2) is 0 Å². The number of halogens is 2. The molecular weight excluding hydrogens is 541 g/mol. The number of hydrogen-bond acceptors (Lipinski definition) is 4. The highest BCUT2D eigenvalue weighted by atomic mass is 35.5. The maximum Gasteiger partial charge on any atom is 0.124 e. The third-order valence-corrected chi connectivity index (χ3v) is 7.29. The van der Waals surface area contributed by atoms with E-state index >= 15 is 0 Å². The second-order valence-corrected chi connectivity index (χ2v) is 10.4. The van der Waals surface area contributed by atoms with Crippen molar-refractivity contribution in [1.29, 1.82) is 0 Å². The Hall–Kier alpha value is -2.83. The minimum absolute atomic E-state index is 0.606. The molecule has 0 unspecified atom stereocenters. The third kappa shape index (κ3) is 8.11. The van der Waals surface area contributed by atoms with Gasteiger partial charge in [-0.2, -0.15) is 0 Å². The van der Waals surface area contributed by atoms with Crippen LogP contribution in [0.4, 0.5) is 0 Å². The number of aromatic nitrogens is 2. The monoisotopic (exact) mass is 581 g/mol. The van der Waals surface area contributed by atoms with E-state index in [0.29, 0.717) is 42.9 Å². The van der Waals surface area contributed by atoms with Crippen molar-refractivity contribution >= 4 is 34.0 Å². The van der Waals surface area contributed by atoms with E-state index in [4.69, 9.17) is 37.7 Å². The van der Waals surface area contributed by atoms with Crippen molar-refractivity contribution in [3.8, 4) is 5.75 Å². The van der Waals surface area contributed by atoms with Crippen molar-refractivity contribution < 1.29 is 9.47 Å². The fourth-order valence-electron chi connectivity index (χ4n) is 4.83. The molecule has 0 aliphatic rings. The van der Waals surface area contributed by atoms with Crippen LogP contribution in [-0.4, -0.2) is 34.8 Å². The molecule has 0 spiro atoms. The Morgan fingerprint density at radius 3 is 2.45 bits per heavy atom. The van der Waals surface area contributed by atoms with Crippen LogP contribution >= 0.6 is 23.2 Å². The Labute approximate surface area is 249 Å². The summed E-state index contributed by atoms with van der Waals surface area (Å²) in [6, 6.07) is 18.4. The van der Waals surface area contributed by atoms with Crippen molar-refractivity contribution in [3.63, 3.8) is 0 Å². The second-order valence-electron chi connectivity index (χ2n) is 9.54. The highest BCUT2D eigenvalue weighted by Crippen LogP contribution is 2.31. The highest BCUT2D eigenvalue weighted by Gasteiger charge is 2.20. The van der Waals surface area contributed by atoms with E-state index in [2.05, 4.69) is 66.3 Å². The van der Waals surface area contributed by atoms with Gasteiger partial charge in [0.1, 0.15) is 11.6 Å². The predicted molar refractivity (Wildman–Crippen MR) is 169 cm³/mol. The van der Waals surface area contributed by atoms with Crippen LogP contribution in [0.2, 0.25) is 10.0 Å². The zero-order chi connectivity index (χ0) is 29.1. The Balaban J connectivity index is 0.00000141. The fraction of sp³-hybridized carbons (Fsp3) is 0.364. The molecule has 0 bridgehead atoms. The zero-order valence-electron chi connectivity index (χ0n) is 24.3. The SMILES string of the molecule is C=CC.CCOc1ccc2ccccc2c1CN(Cc1ccc(Cl)cc1Cl)Cc1nc(CC)c(C)n1CCOC. The van der Waals surface area contributed by atoms with Crippen LogP contribution in [0.1, 0.15) is 49.1 Å². The number of hydrogen-bond donors (Lipinski definition) is 0. The minimum atomic E-state index is 0.606. The van der Waals surface area contributed by atoms with Gasteiger partial charge in [-0.1, -0.05) is 72.6 Å². The number of imidazole rings is 1. The Bertz CT molecular complexity index is 1400. The van der Waals surface area contributed by atoms with Gasteiger partial charge in [0.25, 0.3) is 0 Å². The van der Waals surface area contributed by atoms with Crippen molar-refractivity contribution in [2.75, 3.05) is 20.3 Å². The number of fused-ring (bicyclic) bond motifs is 1. The van der Waals surface area contributed by atoms with E-state index in [9.17, 15) is 0 Å². The maximum atomic E-state index is 6.63. The molecule has 0 fully saturated rings. The van der Waals surface area contributed by atoms with Crippen molar-refractivity contribution in [3.05, 3.63) is 106 Å². The molecule has 0 saturated heterocycles. The second kappa shape index (κ2) is 15.8. The normalized spacial score (nSPS) is 11.0. The molecule has 7 heteroatoms. The van der Waals surface area contributed by atoms with Crippen LogP contribution in [0, 0.1) is 6.92 Å². The molecule has 0 atom stereocenters. The van der Waals surface area contributed by atoms with E-state index in [1.807, 2.05) is 26.0 Å². The van der Waals surface area contributed by atoms with Crippen LogP contribution < -0.4 is 4.74 Å². The van der Waals surface area contributed by atoms with E-state index in [1.54, 1.807) is 19.3 Å². The maximum absolute atomic E-state index is 6.63. The van der Waals surface area contributed by atoms with Crippen LogP contribution in [0.5, 0.6) is 5.75 Å². The summed E-state index contributed by atoms with van der Waals surface area (Å²) in [6.45, 7) is 15.5. The smallest absolute Gasteiger partial charge is 0.124 e. The third-order valence-electron chi connectivity index (χ3n) is 6.71. The quantitative estimate of drug-likeness (QED) is 0.157. The van der Waals surface area contributed by atoms with Crippen LogP contribution in [0.3, 0.4) is 0 Å². The standard InChI is InChI=1S/C30H35Cl2N3O2.C3H6/c1-5-28-21(3)35(15-16-36-4)30(33-28)20-34(18-23-11-13-24(31)17-27(23)32)19-26-25-10-8-7-9-22(25)12-14-29(26)37-6-2;1-3-2/h7-14,17H,5-6,15-16,18-20H2,1-4H3;3H,1H2,2H3. The molecule has 214 valence electrons. The first-order valence-electron chi connectivity index (χ1n) is 13.8. The molecule has 1 heterocycles. The van der Waals surface area contributed by atoms with Gasteiger partial charge >= 0.3 is 0 Å². The molecule has 5 nitrogen and oxygen atoms in total. The summed E-state index contributed by atoms with van der Waals surface area (Å²) in [6.07, 6.45) is 2.64. The van der Waals surface area contributed by atoms with Crippen molar-refractivity contribution in [2.45, 2.75) is 60.3 Å². The number of benzene rings is 3. The molecule has 0 aliphatic carbocycles. The lowest BCUT2D eigenvalue weighted by Crippen LogP contribution is -2.26. The number of ether oxygens (including phenoxy) is 2. The average molecular weight is 583 g/mol. The molecule has 40 heavy (non-hydrogen) atoms. The highest BCUT2D eigenvalue weighted by molar-refractivity contribution is 6.35. The van der Waals surface area contributed by atoms with Crippen LogP contribution in [0.15, 0.2) is 67.3 Å². The molecule has 1 aromatic heterocycles. The van der Waals surface area contributed by atoms with Gasteiger partial charge in [-0.25, -0.2) is 4.98 Å². The number of nitrogens with zero attached hydrogens (tertiary/aromatic N) is 3. The Morgan fingerprint density at radius 1 is 1.02 bits per heavy atom. The van der Waals surface area contributed by atoms with E-state index in [0.717, 1.165) is 41.4 Å². The van der Waals surface area contributed by atoms with Crippen molar-refractivity contribution in [2.24, 2.45) is 0 Å². The summed E-state index contributed by atoms with van der Waals surface area (Å²) >= 11 is 12.8. The fourth-order valence-corrected chi connectivity index (χ4v) is 5.30. The molecule has 4 rings (SSSR count). The molecule has 0 N–H and O–H groups in total. The molecule has 0 aliphatic heterocycles. The molecule has 0 saturated carbocycles. The lowest BCUT2D eigenvalue weighted by molar-refractivity contribution is 0.181. The Kier molecular flexibility index (Phi) is 12.5. The first kappa shape index (κ1) is 31.7. The minimum Gasteiger partial charge on any atom is -0.494 e. The topological polar surface area (TPSA) is 39.5 Å². The van der Waals surface area contributed by atoms with Crippen molar-refractivity contribution in [1.82, 2.24) is 14.5 Å². The van der Waals surface area contributed by atoms with E-state index < -0.39 is 0 Å². The molecule has 3 aromatic carbocycles. The summed E-state index contributed by atoms with van der Waals surface area (Å²) in [5, 5.41) is 3.67. The van der Waals surface area contributed by atoms with Gasteiger partial charge in [-0.15, -0.1) is 6.58 Å². The summed E-state index contributed by atoms with van der Waals surface area (Å²) < 4.78 is 13.8. The number of allylic oxidation sites excluding steroid dienone is 1. The molecule has 0 radical (unpaired) electrons. The molecule has 4 aromatic rings. The molecular formula is C33H41Cl2N3O2. The number of rotatable bonds is 12. The first-order chi connectivity index (χ1) is 19.4. The summed E-state index contributed by atoms with van der Waals surface area (Å²) in [5.41, 5.74) is 4.49. The lowest BCUT2D eigenvalue weighted by Gasteiger charge is -2.25. The summed E-state index contributed by atoms with van der Waals surface area (Å²) in [7, 11) is 1.73. The summed E-state index contributed by atoms with van der Waals surface area (Å²) in [5.74, 6) is 1.93. The summed E-state index contributed by atoms with van der Waals surface area (Å²) in [4.78, 5) is 7.42. The van der Waals surface area contributed by atoms with Gasteiger partial charge < -0.3 is 14.0 Å². The van der Waals surface area contributed by atoms with Crippen LogP contribution in [0.25, 0.3) is 10.8 Å². The number of aryl methyl sites for hydroxylation is 1. The first-order valence-corrected chi connectivity index (χ1v) is 14.5. The van der Waals surface area contributed by atoms with Gasteiger partial charge in [-0.05, 0) is 61.7 Å². The van der Waals surface area contributed by atoms with Gasteiger partial charge in [-0.3, -0.25) is 4.90 Å². The zero-order valence-corrected chi connectivity index (χ0v) is 25.9. The number of methoxy groups -OCH3 is 1. The largest absolute Gasteiger partial charge is 0.494 e. The van der Waals surface area contributed by atoms with Crippen LogP contribution in [-0.2, 0) is 37.3 Å². The van der Waals surface area contributed by atoms with Gasteiger partial charge in [0.05, 0.1) is 25.5 Å². The molecule has 0 amide bonds. The van der Waals surface area contributed by atoms with E-state index in [1.165, 1.54) is 16.5 Å². The van der Waals surface area contributed by atoms with Gasteiger partial charge in [0.2, 0.25) is 0 Å². The van der Waals surface area contributed by atoms with E-state index in [-0.39, 0.29) is 0 Å². The Morgan fingerprint density at radius 2 is 1.77 bits per heavy atom. The van der Waals surface area contributed by atoms with Gasteiger partial charge in [0, 0.05) is 48.0 Å². The average Bonchev–Trinajstić information content (AvgIpc) is 3.24. The lowest BCUT2D eigenvalue weighted by atomic mass is 10.0. The predicted octanol–water partition coefficient (Wildman–Crippen LogP) is 8.65.